The zero-order valence-electron chi connectivity index (χ0n) is 13.5. The summed E-state index contributed by atoms with van der Waals surface area (Å²) in [5.41, 5.74) is 8.10. The van der Waals surface area contributed by atoms with E-state index in [1.165, 1.54) is 4.68 Å². The second kappa shape index (κ2) is 6.75. The molecule has 5 heteroatoms. The van der Waals surface area contributed by atoms with E-state index in [0.717, 1.165) is 17.0 Å². The number of benzene rings is 1. The maximum Gasteiger partial charge on any atom is 0.271 e. The van der Waals surface area contributed by atoms with Gasteiger partial charge in [-0.25, -0.2) is 4.68 Å². The third-order valence-electron chi connectivity index (χ3n) is 3.42. The van der Waals surface area contributed by atoms with Gasteiger partial charge in [-0.1, -0.05) is 13.8 Å². The number of rotatable bonds is 5. The Morgan fingerprint density at radius 1 is 1.23 bits per heavy atom. The molecule has 1 aromatic carbocycles. The molecule has 0 fully saturated rings. The Balaban J connectivity index is 2.54. The lowest BCUT2D eigenvalue weighted by atomic mass is 10.1. The van der Waals surface area contributed by atoms with Crippen LogP contribution < -0.4 is 16.0 Å². The molecule has 0 aliphatic rings. The first-order valence-corrected chi connectivity index (χ1v) is 7.44. The van der Waals surface area contributed by atoms with E-state index in [4.69, 9.17) is 10.5 Å². The van der Waals surface area contributed by atoms with Gasteiger partial charge in [-0.15, -0.1) is 0 Å². The molecule has 0 spiro atoms. The van der Waals surface area contributed by atoms with E-state index in [1.54, 1.807) is 13.2 Å². The Labute approximate surface area is 130 Å². The fraction of sp³-hybridized carbons (Fsp3) is 0.412. The molecule has 0 aliphatic carbocycles. The molecule has 2 rings (SSSR count). The van der Waals surface area contributed by atoms with Gasteiger partial charge in [-0.05, 0) is 43.2 Å². The molecule has 0 radical (unpaired) electrons. The van der Waals surface area contributed by atoms with Crippen LogP contribution in [-0.4, -0.2) is 16.9 Å². The molecule has 0 amide bonds. The molecule has 5 nitrogen and oxygen atoms in total. The minimum Gasteiger partial charge on any atom is -0.497 e. The maximum absolute atomic E-state index is 12.4. The standard InChI is InChI=1S/C17H23N3O2/c1-11(2)10-20-17(21)15(12(3)18)9-16(19-20)13-5-7-14(22-4)8-6-13/h5-9,11-12H,10,18H2,1-4H3. The van der Waals surface area contributed by atoms with Gasteiger partial charge in [0.2, 0.25) is 0 Å². The lowest BCUT2D eigenvalue weighted by molar-refractivity contribution is 0.415. The number of hydrogen-bond donors (Lipinski definition) is 1. The lowest BCUT2D eigenvalue weighted by Gasteiger charge is -2.14. The van der Waals surface area contributed by atoms with Crippen molar-refractivity contribution in [1.29, 1.82) is 0 Å². The van der Waals surface area contributed by atoms with Crippen molar-refractivity contribution in [3.05, 3.63) is 46.2 Å². The summed E-state index contributed by atoms with van der Waals surface area (Å²) in [4.78, 5) is 12.4. The fourth-order valence-corrected chi connectivity index (χ4v) is 2.26. The number of ether oxygens (including phenoxy) is 1. The Bertz CT molecular complexity index is 688. The second-order valence-electron chi connectivity index (χ2n) is 5.88. The highest BCUT2D eigenvalue weighted by Crippen LogP contribution is 2.21. The maximum atomic E-state index is 12.4. The van der Waals surface area contributed by atoms with Gasteiger partial charge in [0.1, 0.15) is 5.75 Å². The number of nitrogens with zero attached hydrogens (tertiary/aromatic N) is 2. The molecule has 0 saturated carbocycles. The first kappa shape index (κ1) is 16.2. The minimum absolute atomic E-state index is 0.110. The SMILES string of the molecule is COc1ccc(-c2cc(C(C)N)c(=O)n(CC(C)C)n2)cc1. The summed E-state index contributed by atoms with van der Waals surface area (Å²) in [6.07, 6.45) is 0. The van der Waals surface area contributed by atoms with E-state index in [1.807, 2.05) is 31.2 Å². The van der Waals surface area contributed by atoms with Crippen molar-refractivity contribution in [3.63, 3.8) is 0 Å². The van der Waals surface area contributed by atoms with Crippen molar-refractivity contribution in [2.45, 2.75) is 33.4 Å². The van der Waals surface area contributed by atoms with Crippen LogP contribution in [0, 0.1) is 5.92 Å². The van der Waals surface area contributed by atoms with Gasteiger partial charge in [-0.3, -0.25) is 4.79 Å². The van der Waals surface area contributed by atoms with Crippen molar-refractivity contribution in [1.82, 2.24) is 9.78 Å². The van der Waals surface area contributed by atoms with Gasteiger partial charge in [0, 0.05) is 23.7 Å². The smallest absolute Gasteiger partial charge is 0.271 e. The van der Waals surface area contributed by atoms with Crippen molar-refractivity contribution in [2.24, 2.45) is 11.7 Å². The van der Waals surface area contributed by atoms with Crippen LogP contribution in [0.1, 0.15) is 32.4 Å². The van der Waals surface area contributed by atoms with Crippen molar-refractivity contribution < 1.29 is 4.74 Å². The van der Waals surface area contributed by atoms with Crippen LogP contribution in [0.15, 0.2) is 35.1 Å². The van der Waals surface area contributed by atoms with E-state index >= 15 is 0 Å². The highest BCUT2D eigenvalue weighted by atomic mass is 16.5. The zero-order chi connectivity index (χ0) is 16.3. The van der Waals surface area contributed by atoms with Crippen LogP contribution >= 0.6 is 0 Å². The molecule has 1 aromatic heterocycles. The number of hydrogen-bond acceptors (Lipinski definition) is 4. The molecule has 22 heavy (non-hydrogen) atoms. The van der Waals surface area contributed by atoms with Crippen molar-refractivity contribution >= 4 is 0 Å². The third kappa shape index (κ3) is 3.54. The highest BCUT2D eigenvalue weighted by molar-refractivity contribution is 5.60. The molecular formula is C17H23N3O2. The first-order valence-electron chi connectivity index (χ1n) is 7.44. The van der Waals surface area contributed by atoms with E-state index in [0.29, 0.717) is 18.0 Å². The number of aromatic nitrogens is 2. The van der Waals surface area contributed by atoms with E-state index in [-0.39, 0.29) is 11.6 Å². The largest absolute Gasteiger partial charge is 0.497 e. The lowest BCUT2D eigenvalue weighted by Crippen LogP contribution is -2.31. The summed E-state index contributed by atoms with van der Waals surface area (Å²) in [5, 5.41) is 4.49. The molecule has 1 unspecified atom stereocenters. The number of nitrogens with two attached hydrogens (primary N) is 1. The molecule has 1 heterocycles. The Morgan fingerprint density at radius 2 is 1.86 bits per heavy atom. The van der Waals surface area contributed by atoms with Gasteiger partial charge in [0.15, 0.2) is 0 Å². The Kier molecular flexibility index (Phi) is 4.98. The molecular weight excluding hydrogens is 278 g/mol. The first-order chi connectivity index (χ1) is 10.4. The molecule has 2 N–H and O–H groups in total. The van der Waals surface area contributed by atoms with Crippen molar-refractivity contribution in [2.75, 3.05) is 7.11 Å². The fourth-order valence-electron chi connectivity index (χ4n) is 2.26. The summed E-state index contributed by atoms with van der Waals surface area (Å²) >= 11 is 0. The summed E-state index contributed by atoms with van der Waals surface area (Å²) in [7, 11) is 1.63. The number of methoxy groups -OCH3 is 1. The third-order valence-corrected chi connectivity index (χ3v) is 3.42. The molecule has 0 aliphatic heterocycles. The summed E-state index contributed by atoms with van der Waals surface area (Å²) < 4.78 is 6.68. The minimum atomic E-state index is -0.328. The van der Waals surface area contributed by atoms with Crippen LogP contribution in [0.5, 0.6) is 5.75 Å². The summed E-state index contributed by atoms with van der Waals surface area (Å²) in [5.74, 6) is 1.11. The van der Waals surface area contributed by atoms with Crippen molar-refractivity contribution in [3.8, 4) is 17.0 Å². The van der Waals surface area contributed by atoms with Gasteiger partial charge in [-0.2, -0.15) is 5.10 Å². The van der Waals surface area contributed by atoms with E-state index in [9.17, 15) is 4.79 Å². The Morgan fingerprint density at radius 3 is 2.36 bits per heavy atom. The predicted octanol–water partition coefficient (Wildman–Crippen LogP) is 2.59. The van der Waals surface area contributed by atoms with Gasteiger partial charge in [0.25, 0.3) is 5.56 Å². The van der Waals surface area contributed by atoms with E-state index < -0.39 is 0 Å². The van der Waals surface area contributed by atoms with Gasteiger partial charge >= 0.3 is 0 Å². The molecule has 118 valence electrons. The molecule has 0 saturated heterocycles. The highest BCUT2D eigenvalue weighted by Gasteiger charge is 2.13. The van der Waals surface area contributed by atoms with Gasteiger partial charge in [0.05, 0.1) is 12.8 Å². The average Bonchev–Trinajstić information content (AvgIpc) is 2.48. The summed E-state index contributed by atoms with van der Waals surface area (Å²) in [6.45, 7) is 6.50. The molecule has 2 aromatic rings. The van der Waals surface area contributed by atoms with E-state index in [2.05, 4.69) is 18.9 Å². The zero-order valence-corrected chi connectivity index (χ0v) is 13.5. The van der Waals surface area contributed by atoms with Crippen LogP contribution in [0.3, 0.4) is 0 Å². The normalized spacial score (nSPS) is 12.5. The van der Waals surface area contributed by atoms with Crippen LogP contribution in [-0.2, 0) is 6.54 Å². The topological polar surface area (TPSA) is 70.1 Å². The molecule has 1 atom stereocenters. The van der Waals surface area contributed by atoms with Gasteiger partial charge < -0.3 is 10.5 Å². The second-order valence-corrected chi connectivity index (χ2v) is 5.88. The van der Waals surface area contributed by atoms with Crippen LogP contribution in [0.4, 0.5) is 0 Å². The van der Waals surface area contributed by atoms with Crippen LogP contribution in [0.25, 0.3) is 11.3 Å². The average molecular weight is 301 g/mol. The quantitative estimate of drug-likeness (QED) is 0.921. The Hall–Kier alpha value is -2.14. The predicted molar refractivity (Wildman–Crippen MR) is 87.9 cm³/mol. The molecule has 0 bridgehead atoms. The monoisotopic (exact) mass is 301 g/mol. The van der Waals surface area contributed by atoms with Crippen LogP contribution in [0.2, 0.25) is 0 Å². The summed E-state index contributed by atoms with van der Waals surface area (Å²) in [6, 6.07) is 9.06.